The molecule has 0 radical (unpaired) electrons. The summed E-state index contributed by atoms with van der Waals surface area (Å²) in [5.41, 5.74) is 2.11. The van der Waals surface area contributed by atoms with Gasteiger partial charge in [0.05, 0.1) is 32.5 Å². The van der Waals surface area contributed by atoms with Gasteiger partial charge in [-0.25, -0.2) is 13.4 Å². The van der Waals surface area contributed by atoms with Crippen molar-refractivity contribution in [1.82, 2.24) is 9.29 Å². The first kappa shape index (κ1) is 17.1. The fourth-order valence-corrected chi connectivity index (χ4v) is 5.00. The van der Waals surface area contributed by atoms with Gasteiger partial charge >= 0.3 is 12.1 Å². The third kappa shape index (κ3) is 2.87. The van der Waals surface area contributed by atoms with Gasteiger partial charge in [0, 0.05) is 13.1 Å². The number of carboxylic acid groups (broad SMARTS) is 1. The molecule has 130 valence electrons. The Balaban J connectivity index is 1.96. The first-order valence-corrected chi connectivity index (χ1v) is 9.05. The Bertz CT molecular complexity index is 894. The highest BCUT2D eigenvalue weighted by molar-refractivity contribution is 7.89. The number of aromatic nitrogens is 1. The van der Waals surface area contributed by atoms with E-state index in [-0.39, 0.29) is 4.90 Å². The van der Waals surface area contributed by atoms with Crippen LogP contribution in [0.15, 0.2) is 28.6 Å². The standard InChI is InChI=1S/C13H11F3N2O4S2/c14-13(15,16)9-5-18(4-8(9)12(19)20)24(21,22)7-1-2-10-11(3-7)23-6-17-10/h1-3,6,8-9H,4-5H2,(H,19,20)/t8-,9-/m1/s1. The Morgan fingerprint density at radius 1 is 1.33 bits per heavy atom. The molecule has 1 aromatic carbocycles. The Hall–Kier alpha value is -1.72. The number of thiazole rings is 1. The zero-order valence-corrected chi connectivity index (χ0v) is 13.5. The van der Waals surface area contributed by atoms with E-state index in [1.807, 2.05) is 0 Å². The minimum Gasteiger partial charge on any atom is -0.481 e. The van der Waals surface area contributed by atoms with Gasteiger partial charge in [-0.2, -0.15) is 17.5 Å². The Morgan fingerprint density at radius 2 is 2.04 bits per heavy atom. The fraction of sp³-hybridized carbons (Fsp3) is 0.385. The molecule has 2 heterocycles. The molecule has 1 saturated heterocycles. The van der Waals surface area contributed by atoms with Gasteiger partial charge in [0.2, 0.25) is 10.0 Å². The molecule has 2 aromatic rings. The average molecular weight is 380 g/mol. The molecular formula is C13H11F3N2O4S2. The van der Waals surface area contributed by atoms with Crippen molar-refractivity contribution in [3.63, 3.8) is 0 Å². The molecule has 2 atom stereocenters. The topological polar surface area (TPSA) is 87.6 Å². The monoisotopic (exact) mass is 380 g/mol. The van der Waals surface area contributed by atoms with E-state index in [9.17, 15) is 26.4 Å². The number of rotatable bonds is 3. The van der Waals surface area contributed by atoms with Crippen molar-refractivity contribution in [3.05, 3.63) is 23.7 Å². The molecule has 24 heavy (non-hydrogen) atoms. The summed E-state index contributed by atoms with van der Waals surface area (Å²) in [6.45, 7) is -1.61. The summed E-state index contributed by atoms with van der Waals surface area (Å²) < 4.78 is 65.4. The molecule has 1 aliphatic rings. The lowest BCUT2D eigenvalue weighted by molar-refractivity contribution is -0.187. The number of halogens is 3. The molecule has 6 nitrogen and oxygen atoms in total. The van der Waals surface area contributed by atoms with E-state index in [1.165, 1.54) is 35.0 Å². The van der Waals surface area contributed by atoms with Crippen LogP contribution in [0.25, 0.3) is 10.2 Å². The molecule has 0 bridgehead atoms. The van der Waals surface area contributed by atoms with E-state index in [4.69, 9.17) is 5.11 Å². The highest BCUT2D eigenvalue weighted by Gasteiger charge is 2.54. The lowest BCUT2D eigenvalue weighted by atomic mass is 9.96. The predicted octanol–water partition coefficient (Wildman–Crippen LogP) is 2.18. The molecule has 0 aliphatic carbocycles. The molecule has 1 aliphatic heterocycles. The van der Waals surface area contributed by atoms with Crippen LogP contribution in [0.4, 0.5) is 13.2 Å². The molecule has 1 fully saturated rings. The summed E-state index contributed by atoms with van der Waals surface area (Å²) in [5.74, 6) is -5.70. The van der Waals surface area contributed by atoms with Crippen molar-refractivity contribution >= 4 is 37.5 Å². The third-order valence-corrected chi connectivity index (χ3v) is 6.58. The van der Waals surface area contributed by atoms with Crippen LogP contribution in [-0.2, 0) is 14.8 Å². The molecule has 1 N–H and O–H groups in total. The Kier molecular flexibility index (Phi) is 4.04. The lowest BCUT2D eigenvalue weighted by Gasteiger charge is -2.18. The van der Waals surface area contributed by atoms with Gasteiger partial charge in [-0.15, -0.1) is 11.3 Å². The Labute approximate surface area is 138 Å². The number of nitrogens with zero attached hydrogens (tertiary/aromatic N) is 2. The highest BCUT2D eigenvalue weighted by atomic mass is 32.2. The molecule has 0 unspecified atom stereocenters. The van der Waals surface area contributed by atoms with Crippen LogP contribution in [0, 0.1) is 11.8 Å². The van der Waals surface area contributed by atoms with Crippen LogP contribution in [0.3, 0.4) is 0 Å². The number of fused-ring (bicyclic) bond motifs is 1. The lowest BCUT2D eigenvalue weighted by Crippen LogP contribution is -2.34. The molecule has 3 rings (SSSR count). The van der Waals surface area contributed by atoms with Crippen molar-refractivity contribution in [2.24, 2.45) is 11.8 Å². The SMILES string of the molecule is O=C(O)[C@@H]1CN(S(=O)(=O)c2ccc3ncsc3c2)C[C@H]1C(F)(F)F. The second-order valence-electron chi connectivity index (χ2n) is 5.40. The van der Waals surface area contributed by atoms with Crippen LogP contribution in [-0.4, -0.2) is 48.0 Å². The van der Waals surface area contributed by atoms with Gasteiger partial charge in [0.1, 0.15) is 0 Å². The second-order valence-corrected chi connectivity index (χ2v) is 8.22. The van der Waals surface area contributed by atoms with E-state index >= 15 is 0 Å². The molecular weight excluding hydrogens is 369 g/mol. The van der Waals surface area contributed by atoms with Gasteiger partial charge < -0.3 is 5.11 Å². The van der Waals surface area contributed by atoms with E-state index in [0.717, 1.165) is 0 Å². The summed E-state index contributed by atoms with van der Waals surface area (Å²) in [4.78, 5) is 14.9. The van der Waals surface area contributed by atoms with Crippen LogP contribution >= 0.6 is 11.3 Å². The van der Waals surface area contributed by atoms with E-state index in [2.05, 4.69) is 4.98 Å². The largest absolute Gasteiger partial charge is 0.481 e. The minimum atomic E-state index is -4.78. The quantitative estimate of drug-likeness (QED) is 0.882. The van der Waals surface area contributed by atoms with Crippen LogP contribution in [0.1, 0.15) is 0 Å². The summed E-state index contributed by atoms with van der Waals surface area (Å²) in [6, 6.07) is 4.05. The molecule has 0 saturated carbocycles. The van der Waals surface area contributed by atoms with Gasteiger partial charge in [-0.05, 0) is 18.2 Å². The van der Waals surface area contributed by atoms with Crippen molar-refractivity contribution in [2.75, 3.05) is 13.1 Å². The van der Waals surface area contributed by atoms with E-state index in [1.54, 1.807) is 0 Å². The summed E-state index contributed by atoms with van der Waals surface area (Å²) in [6.07, 6.45) is -4.78. The zero-order valence-electron chi connectivity index (χ0n) is 11.9. The van der Waals surface area contributed by atoms with Gasteiger partial charge in [-0.3, -0.25) is 4.79 Å². The van der Waals surface area contributed by atoms with Crippen LogP contribution in [0.2, 0.25) is 0 Å². The maximum atomic E-state index is 13.0. The summed E-state index contributed by atoms with van der Waals surface area (Å²) in [7, 11) is -4.22. The first-order valence-electron chi connectivity index (χ1n) is 6.73. The van der Waals surface area contributed by atoms with E-state index < -0.39 is 47.1 Å². The number of alkyl halides is 3. The maximum Gasteiger partial charge on any atom is 0.393 e. The maximum absolute atomic E-state index is 13.0. The zero-order chi connectivity index (χ0) is 17.7. The normalized spacial score (nSPS) is 23.0. The van der Waals surface area contributed by atoms with Crippen molar-refractivity contribution in [1.29, 1.82) is 0 Å². The molecule has 11 heteroatoms. The average Bonchev–Trinajstić information content (AvgIpc) is 3.13. The van der Waals surface area contributed by atoms with Crippen molar-refractivity contribution in [2.45, 2.75) is 11.1 Å². The number of sulfonamides is 1. The number of benzene rings is 1. The Morgan fingerprint density at radius 3 is 2.62 bits per heavy atom. The number of hydrogen-bond acceptors (Lipinski definition) is 5. The molecule has 0 spiro atoms. The minimum absolute atomic E-state index is 0.175. The smallest absolute Gasteiger partial charge is 0.393 e. The predicted molar refractivity (Wildman–Crippen MR) is 79.0 cm³/mol. The van der Waals surface area contributed by atoms with Crippen LogP contribution < -0.4 is 0 Å². The third-order valence-electron chi connectivity index (χ3n) is 3.96. The van der Waals surface area contributed by atoms with Gasteiger partial charge in [-0.1, -0.05) is 0 Å². The van der Waals surface area contributed by atoms with Gasteiger partial charge in [0.25, 0.3) is 0 Å². The molecule has 0 amide bonds. The van der Waals surface area contributed by atoms with Crippen molar-refractivity contribution < 1.29 is 31.5 Å². The van der Waals surface area contributed by atoms with Crippen molar-refractivity contribution in [3.8, 4) is 0 Å². The fourth-order valence-electron chi connectivity index (χ4n) is 2.69. The second kappa shape index (κ2) is 5.67. The number of aliphatic carboxylic acids is 1. The summed E-state index contributed by atoms with van der Waals surface area (Å²) >= 11 is 1.20. The van der Waals surface area contributed by atoms with Crippen LogP contribution in [0.5, 0.6) is 0 Å². The first-order chi connectivity index (χ1) is 11.1. The number of carbonyl (C=O) groups is 1. The van der Waals surface area contributed by atoms with E-state index in [0.29, 0.717) is 14.5 Å². The number of carboxylic acids is 1. The molecule has 1 aromatic heterocycles. The number of hydrogen-bond donors (Lipinski definition) is 1. The highest BCUT2D eigenvalue weighted by Crippen LogP contribution is 2.39. The van der Waals surface area contributed by atoms with Gasteiger partial charge in [0.15, 0.2) is 0 Å². The summed E-state index contributed by atoms with van der Waals surface area (Å²) in [5, 5.41) is 8.99.